The highest BCUT2D eigenvalue weighted by molar-refractivity contribution is 6.85. The van der Waals surface area contributed by atoms with E-state index in [4.69, 9.17) is 0 Å². The maximum absolute atomic E-state index is 2.83. The number of aromatic nitrogens is 2. The topological polar surface area (TPSA) is 13.1 Å². The maximum atomic E-state index is 2.83. The molecule has 7 aromatic carbocycles. The number of allylic oxidation sites excluding steroid dienone is 1. The minimum absolute atomic E-state index is 0.0185. The van der Waals surface area contributed by atoms with E-state index < -0.39 is 0 Å². The van der Waals surface area contributed by atoms with Crippen LogP contribution < -0.4 is 10.4 Å². The van der Waals surface area contributed by atoms with Gasteiger partial charge in [0.15, 0.2) is 0 Å². The van der Waals surface area contributed by atoms with Gasteiger partial charge in [-0.25, -0.2) is 0 Å². The highest BCUT2D eigenvalue weighted by Gasteiger charge is 2.54. The largest absolute Gasteiger partial charge is 0.376 e. The molecule has 0 spiro atoms. The second kappa shape index (κ2) is 14.5. The molecule has 0 radical (unpaired) electrons. The molecule has 358 valence electrons. The van der Waals surface area contributed by atoms with Gasteiger partial charge in [0.25, 0.3) is 0 Å². The first kappa shape index (κ1) is 45.9. The summed E-state index contributed by atoms with van der Waals surface area (Å²) in [6, 6.07) is 50.6. The molecule has 0 amide bonds. The standard InChI is InChI=1S/C67H72BN3/c1-62(2,3)39-23-27-45(28-24-39)70-55-38-43(66(13,14)15)35-46-47-36-42(65(10,11)12)37-50-57-54(32-31-53-56(57)49-34-41(64(7,8)9)26-30-52(49)69(53)44-21-19-18-20-22-44)71(59(47)50)68(58(46)55)61-60(70)48-33-40(63(4,5)6)25-29-51(48)67(61,16)17/h18-38H,1-17H3. The monoisotopic (exact) mass is 930 g/mol. The Morgan fingerprint density at radius 3 is 1.56 bits per heavy atom. The first-order valence-electron chi connectivity index (χ1n) is 26.3. The van der Waals surface area contributed by atoms with Crippen molar-refractivity contribution in [3.63, 3.8) is 0 Å². The molecule has 3 nitrogen and oxygen atoms in total. The van der Waals surface area contributed by atoms with Crippen molar-refractivity contribution in [3.05, 3.63) is 172 Å². The molecule has 0 N–H and O–H groups in total. The van der Waals surface area contributed by atoms with Crippen LogP contribution in [0.15, 0.2) is 133 Å². The van der Waals surface area contributed by atoms with E-state index in [0.717, 1.165) is 0 Å². The first-order valence-corrected chi connectivity index (χ1v) is 26.3. The van der Waals surface area contributed by atoms with Crippen LogP contribution in [0.25, 0.3) is 66.1 Å². The number of rotatable bonds is 2. The fourth-order valence-corrected chi connectivity index (χ4v) is 12.7. The minimum atomic E-state index is -0.298. The van der Waals surface area contributed by atoms with Gasteiger partial charge >= 0.3 is 6.85 Å². The number of hydrogen-bond acceptors (Lipinski definition) is 1. The summed E-state index contributed by atoms with van der Waals surface area (Å²) in [5.74, 6) is 0. The molecule has 0 atom stereocenters. The zero-order valence-electron chi connectivity index (χ0n) is 45.5. The number of para-hydroxylation sites is 1. The molecule has 71 heavy (non-hydrogen) atoms. The van der Waals surface area contributed by atoms with Crippen LogP contribution in [-0.4, -0.2) is 15.9 Å². The maximum Gasteiger partial charge on any atom is 0.329 e. The molecule has 0 saturated carbocycles. The van der Waals surface area contributed by atoms with Gasteiger partial charge in [-0.05, 0) is 150 Å². The van der Waals surface area contributed by atoms with Gasteiger partial charge in [-0.2, -0.15) is 0 Å². The molecule has 12 rings (SSSR count). The molecular weight excluding hydrogens is 858 g/mol. The van der Waals surface area contributed by atoms with Gasteiger partial charge < -0.3 is 13.9 Å². The van der Waals surface area contributed by atoms with E-state index in [1.54, 1.807) is 0 Å². The Kier molecular flexibility index (Phi) is 9.34. The van der Waals surface area contributed by atoms with Crippen molar-refractivity contribution in [2.75, 3.05) is 4.90 Å². The van der Waals surface area contributed by atoms with Gasteiger partial charge in [-0.15, -0.1) is 0 Å². The van der Waals surface area contributed by atoms with Crippen molar-refractivity contribution < 1.29 is 0 Å². The first-order chi connectivity index (χ1) is 33.2. The second-order valence-corrected chi connectivity index (χ2v) is 27.2. The number of benzene rings is 7. The summed E-state index contributed by atoms with van der Waals surface area (Å²) in [5.41, 5.74) is 24.8. The Balaban J connectivity index is 1.31. The van der Waals surface area contributed by atoms with E-state index in [1.807, 2.05) is 0 Å². The van der Waals surface area contributed by atoms with E-state index in [2.05, 4.69) is 259 Å². The predicted molar refractivity (Wildman–Crippen MR) is 308 cm³/mol. The molecule has 0 fully saturated rings. The molecule has 0 bridgehead atoms. The summed E-state index contributed by atoms with van der Waals surface area (Å²) in [6.07, 6.45) is 0. The number of nitrogens with zero attached hydrogens (tertiary/aromatic N) is 3. The lowest BCUT2D eigenvalue weighted by atomic mass is 9.40. The van der Waals surface area contributed by atoms with Crippen LogP contribution in [0.2, 0.25) is 0 Å². The number of hydrogen-bond donors (Lipinski definition) is 0. The van der Waals surface area contributed by atoms with Crippen LogP contribution in [0.1, 0.15) is 157 Å². The minimum Gasteiger partial charge on any atom is -0.376 e. The van der Waals surface area contributed by atoms with Crippen molar-refractivity contribution in [1.29, 1.82) is 0 Å². The summed E-state index contributed by atoms with van der Waals surface area (Å²) in [4.78, 5) is 2.70. The average Bonchev–Trinajstić information content (AvgIpc) is 3.89. The van der Waals surface area contributed by atoms with Gasteiger partial charge in [-0.3, -0.25) is 0 Å². The van der Waals surface area contributed by atoms with Crippen LogP contribution in [0.4, 0.5) is 11.4 Å². The van der Waals surface area contributed by atoms with Gasteiger partial charge in [0.2, 0.25) is 0 Å². The van der Waals surface area contributed by atoms with E-state index in [-0.39, 0.29) is 39.3 Å². The molecule has 3 aliphatic rings. The summed E-state index contributed by atoms with van der Waals surface area (Å²) < 4.78 is 5.35. The fraction of sp³-hybridized carbons (Fsp3) is 0.343. The van der Waals surface area contributed by atoms with Crippen LogP contribution in [-0.2, 0) is 32.5 Å². The van der Waals surface area contributed by atoms with Gasteiger partial charge in [0.05, 0.1) is 11.0 Å². The second-order valence-electron chi connectivity index (χ2n) is 27.2. The zero-order valence-corrected chi connectivity index (χ0v) is 45.5. The lowest BCUT2D eigenvalue weighted by molar-refractivity contribution is 0.588. The molecule has 1 aliphatic carbocycles. The summed E-state index contributed by atoms with van der Waals surface area (Å²) in [7, 11) is 0. The van der Waals surface area contributed by atoms with E-state index in [1.165, 1.54) is 127 Å². The summed E-state index contributed by atoms with van der Waals surface area (Å²) in [5, 5.41) is 5.35. The highest BCUT2D eigenvalue weighted by atomic mass is 15.2. The number of anilines is 2. The van der Waals surface area contributed by atoms with Crippen molar-refractivity contribution >= 4 is 73.0 Å². The predicted octanol–water partition coefficient (Wildman–Crippen LogP) is 17.5. The quantitative estimate of drug-likeness (QED) is 0.157. The Morgan fingerprint density at radius 1 is 0.423 bits per heavy atom. The van der Waals surface area contributed by atoms with Gasteiger partial charge in [0.1, 0.15) is 0 Å². The molecule has 4 heterocycles. The van der Waals surface area contributed by atoms with Crippen molar-refractivity contribution in [3.8, 4) is 16.8 Å². The van der Waals surface area contributed by atoms with Crippen LogP contribution >= 0.6 is 0 Å². The Bertz CT molecular complexity index is 3780. The van der Waals surface area contributed by atoms with Crippen LogP contribution in [0.5, 0.6) is 0 Å². The molecule has 9 aromatic rings. The molecular formula is C67H72BN3. The van der Waals surface area contributed by atoms with E-state index in [0.29, 0.717) is 0 Å². The normalized spacial score (nSPS) is 15.7. The Hall–Kier alpha value is -6.26. The van der Waals surface area contributed by atoms with E-state index in [9.17, 15) is 0 Å². The molecule has 2 aromatic heterocycles. The van der Waals surface area contributed by atoms with Crippen molar-refractivity contribution in [2.24, 2.45) is 0 Å². The van der Waals surface area contributed by atoms with Crippen LogP contribution in [0.3, 0.4) is 0 Å². The van der Waals surface area contributed by atoms with Crippen molar-refractivity contribution in [2.45, 2.75) is 150 Å². The third-order valence-corrected chi connectivity index (χ3v) is 16.9. The molecule has 4 heteroatoms. The fourth-order valence-electron chi connectivity index (χ4n) is 12.7. The average molecular weight is 930 g/mol. The van der Waals surface area contributed by atoms with E-state index >= 15 is 0 Å². The lowest BCUT2D eigenvalue weighted by Crippen LogP contribution is -2.52. The third-order valence-electron chi connectivity index (χ3n) is 16.9. The molecule has 0 unspecified atom stereocenters. The zero-order chi connectivity index (χ0) is 50.4. The molecule has 0 saturated heterocycles. The van der Waals surface area contributed by atoms with Crippen LogP contribution in [0, 0.1) is 0 Å². The SMILES string of the molecule is CC(C)(C)c1ccc(N2C3=C(B4c5c(cc(C(C)(C)C)cc52)-c2cc(C(C)(C)C)cc5c6c7c8cc(C(C)(C)C)ccc8n(-c8ccccc8)c7ccc6n4c25)C(C)(C)c2ccc(C(C)(C)C)cc23)cc1. The highest BCUT2D eigenvalue weighted by Crippen LogP contribution is 2.58. The van der Waals surface area contributed by atoms with Crippen molar-refractivity contribution in [1.82, 2.24) is 9.05 Å². The Morgan fingerprint density at radius 2 is 0.930 bits per heavy atom. The Labute approximate surface area is 423 Å². The van der Waals surface area contributed by atoms with Gasteiger partial charge in [-0.1, -0.05) is 172 Å². The smallest absolute Gasteiger partial charge is 0.329 e. The summed E-state index contributed by atoms with van der Waals surface area (Å²) in [6.45, 7) is 40.4. The number of fused-ring (bicyclic) bond motifs is 12. The molecule has 2 aliphatic heterocycles. The summed E-state index contributed by atoms with van der Waals surface area (Å²) >= 11 is 0. The lowest BCUT2D eigenvalue weighted by Gasteiger charge is -2.44. The third kappa shape index (κ3) is 6.54. The van der Waals surface area contributed by atoms with Gasteiger partial charge in [0, 0.05) is 71.9 Å².